The number of carbonyl (C=O) groups is 2. The monoisotopic (exact) mass is 268 g/mol. The molecule has 0 aromatic carbocycles. The van der Waals surface area contributed by atoms with Crippen molar-refractivity contribution < 1.29 is 19.1 Å². The van der Waals surface area contributed by atoms with Crippen LogP contribution in [0.1, 0.15) is 49.3 Å². The molecule has 0 fully saturated rings. The van der Waals surface area contributed by atoms with Gasteiger partial charge in [-0.05, 0) is 19.8 Å². The second-order valence-corrected chi connectivity index (χ2v) is 5.24. The molecule has 0 aliphatic heterocycles. The van der Waals surface area contributed by atoms with Gasteiger partial charge in [-0.3, -0.25) is 9.59 Å². The highest BCUT2D eigenvalue weighted by molar-refractivity contribution is 5.93. The molecule has 1 amide bonds. The molecule has 1 atom stereocenters. The lowest BCUT2D eigenvalue weighted by molar-refractivity contribution is -0.138. The molecule has 0 spiro atoms. The minimum atomic E-state index is -0.957. The molecular weight excluding hydrogens is 248 g/mol. The summed E-state index contributed by atoms with van der Waals surface area (Å²) in [5, 5.41) is 11.7. The number of nitrogens with one attached hydrogen (secondary N) is 1. The van der Waals surface area contributed by atoms with E-state index in [1.165, 1.54) is 0 Å². The highest BCUT2D eigenvalue weighted by Gasteiger charge is 2.34. The first-order chi connectivity index (χ1) is 8.65. The third kappa shape index (κ3) is 3.56. The van der Waals surface area contributed by atoms with Gasteiger partial charge in [0.2, 0.25) is 5.76 Å². The molecule has 106 valence electrons. The standard InChI is InChI=1S/C13H20N2O4/c1-7(2)13(5,6-10(16)17)15-12(18)11-8(3)14-9(4)19-11/h7H,6H2,1-5H3,(H,15,18)(H,16,17). The van der Waals surface area contributed by atoms with Crippen molar-refractivity contribution in [2.75, 3.05) is 0 Å². The van der Waals surface area contributed by atoms with Crippen LogP contribution in [-0.2, 0) is 4.79 Å². The third-order valence-electron chi connectivity index (χ3n) is 3.30. The Morgan fingerprint density at radius 2 is 2.00 bits per heavy atom. The molecule has 0 radical (unpaired) electrons. The summed E-state index contributed by atoms with van der Waals surface area (Å²) in [7, 11) is 0. The summed E-state index contributed by atoms with van der Waals surface area (Å²) in [5.74, 6) is -0.878. The molecule has 1 heterocycles. The second-order valence-electron chi connectivity index (χ2n) is 5.24. The molecule has 0 aliphatic carbocycles. The van der Waals surface area contributed by atoms with Crippen LogP contribution in [0.25, 0.3) is 0 Å². The molecule has 1 aromatic heterocycles. The lowest BCUT2D eigenvalue weighted by atomic mass is 9.85. The zero-order valence-electron chi connectivity index (χ0n) is 11.9. The molecule has 2 N–H and O–H groups in total. The van der Waals surface area contributed by atoms with E-state index in [1.54, 1.807) is 20.8 Å². The Hall–Kier alpha value is -1.85. The third-order valence-corrected chi connectivity index (χ3v) is 3.30. The fraction of sp³-hybridized carbons (Fsp3) is 0.615. The molecule has 6 heteroatoms. The number of hydrogen-bond donors (Lipinski definition) is 2. The predicted molar refractivity (Wildman–Crippen MR) is 68.9 cm³/mol. The van der Waals surface area contributed by atoms with Crippen LogP contribution in [-0.4, -0.2) is 27.5 Å². The van der Waals surface area contributed by atoms with Crippen LogP contribution in [0.4, 0.5) is 0 Å². The van der Waals surface area contributed by atoms with Crippen molar-refractivity contribution in [2.24, 2.45) is 5.92 Å². The van der Waals surface area contributed by atoms with E-state index in [0.717, 1.165) is 0 Å². The SMILES string of the molecule is Cc1nc(C)c(C(=O)NC(C)(CC(=O)O)C(C)C)o1. The lowest BCUT2D eigenvalue weighted by Crippen LogP contribution is -2.51. The Balaban J connectivity index is 2.94. The molecule has 1 unspecified atom stereocenters. The van der Waals surface area contributed by atoms with Crippen LogP contribution in [0.2, 0.25) is 0 Å². The molecule has 0 saturated heterocycles. The fourth-order valence-electron chi connectivity index (χ4n) is 1.76. The number of oxazole rings is 1. The Labute approximate surface area is 112 Å². The predicted octanol–water partition coefficient (Wildman–Crippen LogP) is 1.91. The highest BCUT2D eigenvalue weighted by Crippen LogP contribution is 2.22. The quantitative estimate of drug-likeness (QED) is 0.851. The molecule has 19 heavy (non-hydrogen) atoms. The maximum atomic E-state index is 12.1. The van der Waals surface area contributed by atoms with E-state index < -0.39 is 17.4 Å². The van der Waals surface area contributed by atoms with E-state index in [9.17, 15) is 9.59 Å². The Bertz CT molecular complexity index is 493. The van der Waals surface area contributed by atoms with Crippen LogP contribution in [0.15, 0.2) is 4.42 Å². The van der Waals surface area contributed by atoms with Gasteiger partial charge in [0, 0.05) is 6.92 Å². The van der Waals surface area contributed by atoms with Crippen molar-refractivity contribution in [2.45, 2.75) is 46.6 Å². The molecule has 0 bridgehead atoms. The summed E-state index contributed by atoms with van der Waals surface area (Å²) in [4.78, 5) is 27.1. The van der Waals surface area contributed by atoms with Crippen LogP contribution in [0.3, 0.4) is 0 Å². The highest BCUT2D eigenvalue weighted by atomic mass is 16.4. The van der Waals surface area contributed by atoms with E-state index in [4.69, 9.17) is 9.52 Å². The van der Waals surface area contributed by atoms with Crippen LogP contribution >= 0.6 is 0 Å². The van der Waals surface area contributed by atoms with Crippen molar-refractivity contribution in [1.82, 2.24) is 10.3 Å². The van der Waals surface area contributed by atoms with Crippen LogP contribution in [0, 0.1) is 19.8 Å². The van der Waals surface area contributed by atoms with Gasteiger partial charge in [-0.25, -0.2) is 4.98 Å². The molecule has 1 aromatic rings. The first kappa shape index (κ1) is 15.2. The van der Waals surface area contributed by atoms with Gasteiger partial charge in [0.25, 0.3) is 5.91 Å². The number of aromatic nitrogens is 1. The van der Waals surface area contributed by atoms with Gasteiger partial charge in [0.1, 0.15) is 0 Å². The second kappa shape index (κ2) is 5.42. The van der Waals surface area contributed by atoms with E-state index in [0.29, 0.717) is 11.6 Å². The molecular formula is C13H20N2O4. The van der Waals surface area contributed by atoms with E-state index in [1.807, 2.05) is 13.8 Å². The first-order valence-electron chi connectivity index (χ1n) is 6.14. The van der Waals surface area contributed by atoms with Crippen molar-refractivity contribution in [3.8, 4) is 0 Å². The van der Waals surface area contributed by atoms with Crippen molar-refractivity contribution in [3.05, 3.63) is 17.3 Å². The van der Waals surface area contributed by atoms with Gasteiger partial charge >= 0.3 is 5.97 Å². The van der Waals surface area contributed by atoms with Gasteiger partial charge < -0.3 is 14.8 Å². The van der Waals surface area contributed by atoms with Crippen molar-refractivity contribution in [1.29, 1.82) is 0 Å². The number of carboxylic acid groups (broad SMARTS) is 1. The Morgan fingerprint density at radius 1 is 1.42 bits per heavy atom. The van der Waals surface area contributed by atoms with Crippen molar-refractivity contribution in [3.63, 3.8) is 0 Å². The van der Waals surface area contributed by atoms with Gasteiger partial charge in [-0.2, -0.15) is 0 Å². The van der Waals surface area contributed by atoms with Crippen LogP contribution in [0.5, 0.6) is 0 Å². The normalized spacial score (nSPS) is 14.2. The molecule has 6 nitrogen and oxygen atoms in total. The summed E-state index contributed by atoms with van der Waals surface area (Å²) in [6.45, 7) is 8.77. The maximum Gasteiger partial charge on any atom is 0.305 e. The topological polar surface area (TPSA) is 92.4 Å². The number of rotatable bonds is 5. The number of amides is 1. The fourth-order valence-corrected chi connectivity index (χ4v) is 1.76. The number of carbonyl (C=O) groups excluding carboxylic acids is 1. The summed E-state index contributed by atoms with van der Waals surface area (Å²) in [6, 6.07) is 0. The van der Waals surface area contributed by atoms with Gasteiger partial charge in [0.05, 0.1) is 17.7 Å². The smallest absolute Gasteiger partial charge is 0.305 e. The lowest BCUT2D eigenvalue weighted by Gasteiger charge is -2.33. The summed E-state index contributed by atoms with van der Waals surface area (Å²) < 4.78 is 5.24. The zero-order valence-corrected chi connectivity index (χ0v) is 11.9. The zero-order chi connectivity index (χ0) is 14.8. The summed E-state index contributed by atoms with van der Waals surface area (Å²) in [6.07, 6.45) is -0.150. The number of aryl methyl sites for hydroxylation is 2. The number of aliphatic carboxylic acids is 1. The molecule has 1 rings (SSSR count). The van der Waals surface area contributed by atoms with Gasteiger partial charge in [0.15, 0.2) is 5.89 Å². The average Bonchev–Trinajstić information content (AvgIpc) is 2.56. The maximum absolute atomic E-state index is 12.1. The van der Waals surface area contributed by atoms with Crippen LogP contribution < -0.4 is 5.32 Å². The number of carboxylic acids is 1. The average molecular weight is 268 g/mol. The molecule has 0 saturated carbocycles. The Morgan fingerprint density at radius 3 is 2.37 bits per heavy atom. The summed E-state index contributed by atoms with van der Waals surface area (Å²) in [5.41, 5.74) is -0.341. The largest absolute Gasteiger partial charge is 0.481 e. The Kier molecular flexibility index (Phi) is 4.34. The van der Waals surface area contributed by atoms with Gasteiger partial charge in [-0.15, -0.1) is 0 Å². The molecule has 0 aliphatic rings. The van der Waals surface area contributed by atoms with E-state index in [-0.39, 0.29) is 18.1 Å². The number of hydrogen-bond acceptors (Lipinski definition) is 4. The van der Waals surface area contributed by atoms with Crippen molar-refractivity contribution >= 4 is 11.9 Å². The van der Waals surface area contributed by atoms with E-state index in [2.05, 4.69) is 10.3 Å². The minimum Gasteiger partial charge on any atom is -0.481 e. The van der Waals surface area contributed by atoms with Gasteiger partial charge in [-0.1, -0.05) is 13.8 Å². The van der Waals surface area contributed by atoms with E-state index >= 15 is 0 Å². The summed E-state index contributed by atoms with van der Waals surface area (Å²) >= 11 is 0. The minimum absolute atomic E-state index is 0.0307. The number of nitrogens with zero attached hydrogens (tertiary/aromatic N) is 1. The first-order valence-corrected chi connectivity index (χ1v) is 6.14.